The molecule has 5 N–H and O–H groups in total. The average Bonchev–Trinajstić information content (AvgIpc) is 2.12. The minimum Gasteiger partial charge on any atom is -0.441 e. The molecule has 0 bridgehead atoms. The highest BCUT2D eigenvalue weighted by atomic mass is 19.1. The highest BCUT2D eigenvalue weighted by Gasteiger charge is 2.01. The first-order valence-electron chi connectivity index (χ1n) is 3.82. The number of nitrogen functional groups attached to an aromatic ring is 1. The summed E-state index contributed by atoms with van der Waals surface area (Å²) in [6, 6.07) is 3.99. The largest absolute Gasteiger partial charge is 0.441 e. The van der Waals surface area contributed by atoms with Gasteiger partial charge in [-0.2, -0.15) is 0 Å². The molecule has 0 unspecified atom stereocenters. The van der Waals surface area contributed by atoms with Crippen molar-refractivity contribution in [3.05, 3.63) is 36.0 Å². The summed E-state index contributed by atoms with van der Waals surface area (Å²) in [7, 11) is 0. The molecule has 0 heterocycles. The first-order chi connectivity index (χ1) is 6.63. The van der Waals surface area contributed by atoms with Crippen molar-refractivity contribution in [1.82, 2.24) is 0 Å². The number of rotatable bonds is 3. The Kier molecular flexibility index (Phi) is 3.06. The van der Waals surface area contributed by atoms with Crippen LogP contribution in [0, 0.1) is 11.2 Å². The molecule has 0 radical (unpaired) electrons. The van der Waals surface area contributed by atoms with Crippen molar-refractivity contribution >= 4 is 11.9 Å². The van der Waals surface area contributed by atoms with Crippen LogP contribution in [-0.4, -0.2) is 6.21 Å². The van der Waals surface area contributed by atoms with Gasteiger partial charge in [0.2, 0.25) is 0 Å². The van der Waals surface area contributed by atoms with Gasteiger partial charge >= 0.3 is 0 Å². The second-order valence-corrected chi connectivity index (χ2v) is 2.52. The lowest BCUT2D eigenvalue weighted by molar-refractivity contribution is 0.417. The molecule has 1 aromatic rings. The minimum absolute atomic E-state index is 0.0178. The summed E-state index contributed by atoms with van der Waals surface area (Å²) in [5.41, 5.74) is 10.7. The van der Waals surface area contributed by atoms with Crippen LogP contribution >= 0.6 is 0 Å². The van der Waals surface area contributed by atoms with Crippen molar-refractivity contribution in [3.63, 3.8) is 0 Å². The summed E-state index contributed by atoms with van der Waals surface area (Å²) in [4.78, 5) is 0. The molecule has 0 aliphatic heterocycles. The summed E-state index contributed by atoms with van der Waals surface area (Å²) < 4.78 is 17.9. The van der Waals surface area contributed by atoms with E-state index in [1.165, 1.54) is 18.2 Å². The van der Waals surface area contributed by atoms with Crippen LogP contribution in [0.3, 0.4) is 0 Å². The Balaban J connectivity index is 2.83. The summed E-state index contributed by atoms with van der Waals surface area (Å²) in [5.74, 6) is -0.304. The molecule has 0 saturated carbocycles. The molecule has 0 atom stereocenters. The Hall–Kier alpha value is -2.04. The van der Waals surface area contributed by atoms with E-state index in [0.29, 0.717) is 0 Å². The summed E-state index contributed by atoms with van der Waals surface area (Å²) in [5, 5.41) is 6.72. The molecule has 0 spiro atoms. The lowest BCUT2D eigenvalue weighted by Crippen LogP contribution is -2.06. The van der Waals surface area contributed by atoms with E-state index in [2.05, 4.69) is 0 Å². The number of allylic oxidation sites excluding steroid dienone is 1. The van der Waals surface area contributed by atoms with E-state index in [4.69, 9.17) is 21.6 Å². The second kappa shape index (κ2) is 4.27. The van der Waals surface area contributed by atoms with Crippen LogP contribution in [0.4, 0.5) is 10.1 Å². The highest BCUT2D eigenvalue weighted by molar-refractivity contribution is 5.68. The number of anilines is 1. The molecule has 1 aromatic carbocycles. The quantitative estimate of drug-likeness (QED) is 0.385. The molecule has 0 saturated heterocycles. The molecule has 0 aliphatic rings. The van der Waals surface area contributed by atoms with E-state index in [0.717, 1.165) is 12.3 Å². The van der Waals surface area contributed by atoms with Crippen LogP contribution in [0.1, 0.15) is 0 Å². The van der Waals surface area contributed by atoms with Crippen LogP contribution in [-0.2, 0) is 0 Å². The van der Waals surface area contributed by atoms with Crippen molar-refractivity contribution in [2.75, 3.05) is 5.73 Å². The lowest BCUT2D eigenvalue weighted by Gasteiger charge is -2.05. The average molecular weight is 195 g/mol. The SMILES string of the molecule is N=C/C=C(\N)Oc1ccc(N)c(F)c1. The Morgan fingerprint density at radius 3 is 2.79 bits per heavy atom. The second-order valence-electron chi connectivity index (χ2n) is 2.52. The van der Waals surface area contributed by atoms with E-state index in [9.17, 15) is 4.39 Å². The fourth-order valence-corrected chi connectivity index (χ4v) is 0.824. The number of ether oxygens (including phenoxy) is 1. The molecular formula is C9H10FN3O. The molecule has 4 nitrogen and oxygen atoms in total. The molecule has 5 heteroatoms. The van der Waals surface area contributed by atoms with Crippen molar-refractivity contribution in [2.24, 2.45) is 5.73 Å². The summed E-state index contributed by atoms with van der Waals surface area (Å²) >= 11 is 0. The standard InChI is InChI=1S/C9H10FN3O/c10-7-5-6(1-2-8(7)12)14-9(13)3-4-11/h1-5,11H,12-13H2/b9-3+,11-4?. The Morgan fingerprint density at radius 1 is 1.50 bits per heavy atom. The molecule has 0 amide bonds. The lowest BCUT2D eigenvalue weighted by atomic mass is 10.3. The van der Waals surface area contributed by atoms with Crippen LogP contribution in [0.5, 0.6) is 5.75 Å². The van der Waals surface area contributed by atoms with Gasteiger partial charge in [0.05, 0.1) is 5.69 Å². The van der Waals surface area contributed by atoms with Gasteiger partial charge in [-0.1, -0.05) is 0 Å². The van der Waals surface area contributed by atoms with E-state index in [1.807, 2.05) is 0 Å². The Morgan fingerprint density at radius 2 is 2.21 bits per heavy atom. The Labute approximate surface area is 80.5 Å². The fraction of sp³-hybridized carbons (Fsp3) is 0. The third-order valence-corrected chi connectivity index (χ3v) is 1.46. The maximum Gasteiger partial charge on any atom is 0.192 e. The monoisotopic (exact) mass is 195 g/mol. The normalized spacial score (nSPS) is 11.1. The first-order valence-corrected chi connectivity index (χ1v) is 3.82. The third kappa shape index (κ3) is 2.48. The molecule has 0 fully saturated rings. The van der Waals surface area contributed by atoms with Crippen LogP contribution in [0.15, 0.2) is 30.2 Å². The van der Waals surface area contributed by atoms with Crippen molar-refractivity contribution in [1.29, 1.82) is 5.41 Å². The third-order valence-electron chi connectivity index (χ3n) is 1.46. The maximum atomic E-state index is 12.9. The first kappa shape index (κ1) is 10.0. The van der Waals surface area contributed by atoms with Crippen molar-refractivity contribution in [2.45, 2.75) is 0 Å². The zero-order chi connectivity index (χ0) is 10.6. The van der Waals surface area contributed by atoms with Gasteiger partial charge in [0.1, 0.15) is 11.6 Å². The van der Waals surface area contributed by atoms with Gasteiger partial charge in [0.25, 0.3) is 0 Å². The predicted octanol–water partition coefficient (Wildman–Crippen LogP) is 1.24. The zero-order valence-corrected chi connectivity index (χ0v) is 7.33. The minimum atomic E-state index is -0.565. The number of nitrogens with two attached hydrogens (primary N) is 2. The molecule has 0 aromatic heterocycles. The van der Waals surface area contributed by atoms with Crippen molar-refractivity contribution < 1.29 is 9.13 Å². The van der Waals surface area contributed by atoms with Gasteiger partial charge in [-0.3, -0.25) is 0 Å². The topological polar surface area (TPSA) is 85.1 Å². The van der Waals surface area contributed by atoms with E-state index in [1.54, 1.807) is 0 Å². The zero-order valence-electron chi connectivity index (χ0n) is 7.33. The fourth-order valence-electron chi connectivity index (χ4n) is 0.824. The molecule has 0 aliphatic carbocycles. The Bertz CT molecular complexity index is 376. The van der Waals surface area contributed by atoms with Crippen LogP contribution in [0.25, 0.3) is 0 Å². The van der Waals surface area contributed by atoms with Gasteiger partial charge in [0, 0.05) is 18.4 Å². The predicted molar refractivity (Wildman–Crippen MR) is 52.5 cm³/mol. The number of benzene rings is 1. The van der Waals surface area contributed by atoms with E-state index in [-0.39, 0.29) is 17.3 Å². The van der Waals surface area contributed by atoms with E-state index < -0.39 is 5.82 Å². The van der Waals surface area contributed by atoms with Gasteiger partial charge in [-0.25, -0.2) is 4.39 Å². The molecular weight excluding hydrogens is 185 g/mol. The molecule has 1 rings (SSSR count). The maximum absolute atomic E-state index is 12.9. The van der Waals surface area contributed by atoms with E-state index >= 15 is 0 Å². The van der Waals surface area contributed by atoms with Gasteiger partial charge in [-0.15, -0.1) is 0 Å². The smallest absolute Gasteiger partial charge is 0.192 e. The number of hydrogen-bond acceptors (Lipinski definition) is 4. The highest BCUT2D eigenvalue weighted by Crippen LogP contribution is 2.18. The molecule has 14 heavy (non-hydrogen) atoms. The number of hydrogen-bond donors (Lipinski definition) is 3. The van der Waals surface area contributed by atoms with Crippen molar-refractivity contribution in [3.8, 4) is 5.75 Å². The molecule has 74 valence electrons. The van der Waals surface area contributed by atoms with Crippen LogP contribution in [0.2, 0.25) is 0 Å². The summed E-state index contributed by atoms with van der Waals surface area (Å²) in [6.45, 7) is 0. The van der Waals surface area contributed by atoms with Gasteiger partial charge < -0.3 is 21.6 Å². The summed E-state index contributed by atoms with van der Waals surface area (Å²) in [6.07, 6.45) is 2.22. The van der Waals surface area contributed by atoms with Gasteiger partial charge in [0.15, 0.2) is 5.88 Å². The number of nitrogens with one attached hydrogen (secondary N) is 1. The van der Waals surface area contributed by atoms with Gasteiger partial charge in [-0.05, 0) is 12.1 Å². The van der Waals surface area contributed by atoms with Crippen LogP contribution < -0.4 is 16.2 Å². The number of halogens is 1.